The molecule has 0 spiro atoms. The number of carbonyl (C=O) groups excluding carboxylic acids is 1. The van der Waals surface area contributed by atoms with Gasteiger partial charge in [-0.3, -0.25) is 4.79 Å². The first kappa shape index (κ1) is 16.7. The van der Waals surface area contributed by atoms with Crippen molar-refractivity contribution >= 4 is 5.91 Å². The van der Waals surface area contributed by atoms with E-state index in [1.807, 2.05) is 24.3 Å². The molecule has 1 N–H and O–H groups in total. The van der Waals surface area contributed by atoms with Crippen molar-refractivity contribution in [1.82, 2.24) is 5.32 Å². The molecule has 4 aliphatic carbocycles. The second-order valence-electron chi connectivity index (χ2n) is 8.46. The molecule has 1 amide bonds. The minimum atomic E-state index is -0.0457. The first-order valence-electron chi connectivity index (χ1n) is 9.68. The fourth-order valence-electron chi connectivity index (χ4n) is 6.00. The van der Waals surface area contributed by atoms with Gasteiger partial charge in [0, 0.05) is 6.54 Å². The van der Waals surface area contributed by atoms with Crippen LogP contribution in [-0.4, -0.2) is 26.2 Å². The van der Waals surface area contributed by atoms with Crippen molar-refractivity contribution in [3.05, 3.63) is 24.3 Å². The summed E-state index contributed by atoms with van der Waals surface area (Å²) in [7, 11) is 1.60. The van der Waals surface area contributed by atoms with E-state index < -0.39 is 0 Å². The van der Waals surface area contributed by atoms with Gasteiger partial charge in [0.25, 0.3) is 5.91 Å². The second-order valence-corrected chi connectivity index (χ2v) is 8.46. The van der Waals surface area contributed by atoms with Crippen LogP contribution < -0.4 is 14.8 Å². The van der Waals surface area contributed by atoms with Crippen LogP contribution >= 0.6 is 0 Å². The monoisotopic (exact) mass is 343 g/mol. The molecule has 4 aliphatic rings. The fourth-order valence-corrected chi connectivity index (χ4v) is 6.00. The molecule has 1 aromatic rings. The first-order chi connectivity index (χ1) is 12.2. The van der Waals surface area contributed by atoms with Gasteiger partial charge in [-0.1, -0.05) is 12.1 Å². The van der Waals surface area contributed by atoms with Crippen LogP contribution in [0.5, 0.6) is 11.5 Å². The summed E-state index contributed by atoms with van der Waals surface area (Å²) in [6.07, 6.45) is 9.73. The first-order valence-corrected chi connectivity index (χ1v) is 9.68. The Kier molecular flexibility index (Phi) is 4.61. The molecule has 0 heterocycles. The fraction of sp³-hybridized carbons (Fsp3) is 0.667. The van der Waals surface area contributed by atoms with Crippen molar-refractivity contribution < 1.29 is 14.3 Å². The summed E-state index contributed by atoms with van der Waals surface area (Å²) in [4.78, 5) is 12.1. The Labute approximate surface area is 150 Å². The number of amides is 1. The van der Waals surface area contributed by atoms with Gasteiger partial charge >= 0.3 is 0 Å². The highest BCUT2D eigenvalue weighted by molar-refractivity contribution is 5.77. The van der Waals surface area contributed by atoms with E-state index in [-0.39, 0.29) is 12.5 Å². The van der Waals surface area contributed by atoms with Crippen molar-refractivity contribution in [1.29, 1.82) is 0 Å². The topological polar surface area (TPSA) is 47.6 Å². The van der Waals surface area contributed by atoms with Crippen molar-refractivity contribution in [2.24, 2.45) is 23.2 Å². The summed E-state index contributed by atoms with van der Waals surface area (Å²) >= 11 is 0. The van der Waals surface area contributed by atoms with Crippen molar-refractivity contribution in [2.45, 2.75) is 44.9 Å². The number of carbonyl (C=O) groups is 1. The van der Waals surface area contributed by atoms with E-state index in [0.717, 1.165) is 30.7 Å². The Morgan fingerprint density at radius 2 is 1.68 bits per heavy atom. The van der Waals surface area contributed by atoms with Crippen LogP contribution in [0.25, 0.3) is 0 Å². The molecule has 4 nitrogen and oxygen atoms in total. The SMILES string of the molecule is COc1ccccc1OCC(=O)NCCC12CC3CC(CC(C3)C1)C2. The van der Waals surface area contributed by atoms with E-state index >= 15 is 0 Å². The number of para-hydroxylation sites is 2. The van der Waals surface area contributed by atoms with Crippen LogP contribution in [0.2, 0.25) is 0 Å². The maximum atomic E-state index is 12.1. The zero-order chi connectivity index (χ0) is 17.3. The highest BCUT2D eigenvalue weighted by atomic mass is 16.5. The summed E-state index contributed by atoms with van der Waals surface area (Å²) in [6, 6.07) is 7.42. The van der Waals surface area contributed by atoms with Gasteiger partial charge in [0.1, 0.15) is 0 Å². The Morgan fingerprint density at radius 1 is 1.08 bits per heavy atom. The van der Waals surface area contributed by atoms with Gasteiger partial charge in [-0.05, 0) is 80.2 Å². The highest BCUT2D eigenvalue weighted by Crippen LogP contribution is 2.61. The zero-order valence-electron chi connectivity index (χ0n) is 15.1. The number of ether oxygens (including phenoxy) is 2. The molecular formula is C21H29NO3. The quantitative estimate of drug-likeness (QED) is 0.819. The van der Waals surface area contributed by atoms with Gasteiger partial charge in [-0.2, -0.15) is 0 Å². The predicted molar refractivity (Wildman–Crippen MR) is 96.7 cm³/mol. The Balaban J connectivity index is 1.23. The molecule has 0 unspecified atom stereocenters. The number of benzene rings is 1. The number of hydrogen-bond donors (Lipinski definition) is 1. The molecule has 1 aromatic carbocycles. The molecule has 0 aromatic heterocycles. The van der Waals surface area contributed by atoms with Crippen molar-refractivity contribution in [3.63, 3.8) is 0 Å². The van der Waals surface area contributed by atoms with Crippen LogP contribution in [0.4, 0.5) is 0 Å². The van der Waals surface area contributed by atoms with Crippen LogP contribution in [0, 0.1) is 23.2 Å². The van der Waals surface area contributed by atoms with E-state index in [2.05, 4.69) is 5.32 Å². The molecule has 0 aliphatic heterocycles. The molecule has 4 bridgehead atoms. The summed E-state index contributed by atoms with van der Waals surface area (Å²) in [5.41, 5.74) is 0.519. The van der Waals surface area contributed by atoms with Crippen LogP contribution in [0.1, 0.15) is 44.9 Å². The molecule has 25 heavy (non-hydrogen) atoms. The average Bonchev–Trinajstić information content (AvgIpc) is 2.59. The third-order valence-corrected chi connectivity index (χ3v) is 6.57. The molecule has 4 fully saturated rings. The van der Waals surface area contributed by atoms with Gasteiger partial charge in [0.2, 0.25) is 0 Å². The van der Waals surface area contributed by atoms with Crippen molar-refractivity contribution in [3.8, 4) is 11.5 Å². The largest absolute Gasteiger partial charge is 0.493 e. The van der Waals surface area contributed by atoms with Gasteiger partial charge in [0.05, 0.1) is 7.11 Å². The average molecular weight is 343 g/mol. The van der Waals surface area contributed by atoms with Crippen molar-refractivity contribution in [2.75, 3.05) is 20.3 Å². The van der Waals surface area contributed by atoms with Gasteiger partial charge < -0.3 is 14.8 Å². The van der Waals surface area contributed by atoms with E-state index in [9.17, 15) is 4.79 Å². The summed E-state index contributed by atoms with van der Waals surface area (Å²) in [5, 5.41) is 3.06. The summed E-state index contributed by atoms with van der Waals surface area (Å²) in [5.74, 6) is 4.13. The number of nitrogens with one attached hydrogen (secondary N) is 1. The van der Waals surface area contributed by atoms with E-state index in [1.165, 1.54) is 38.5 Å². The lowest BCUT2D eigenvalue weighted by molar-refractivity contribution is -0.123. The second kappa shape index (κ2) is 6.89. The van der Waals surface area contributed by atoms with Crippen LogP contribution in [-0.2, 0) is 4.79 Å². The zero-order valence-corrected chi connectivity index (χ0v) is 15.1. The Morgan fingerprint density at radius 3 is 2.28 bits per heavy atom. The lowest BCUT2D eigenvalue weighted by Crippen LogP contribution is -2.47. The smallest absolute Gasteiger partial charge is 0.257 e. The standard InChI is InChI=1S/C21H29NO3/c1-24-18-4-2-3-5-19(18)25-14-20(23)22-7-6-21-11-15-8-16(12-21)10-17(9-15)13-21/h2-5,15-17H,6-14H2,1H3,(H,22,23). The Bertz CT molecular complexity index is 592. The number of methoxy groups -OCH3 is 1. The molecule has 4 heteroatoms. The van der Waals surface area contributed by atoms with E-state index in [4.69, 9.17) is 9.47 Å². The minimum absolute atomic E-state index is 0.0429. The summed E-state index contributed by atoms with van der Waals surface area (Å²) in [6.45, 7) is 0.821. The predicted octanol–water partition coefficient (Wildman–Crippen LogP) is 3.80. The van der Waals surface area contributed by atoms with Crippen LogP contribution in [0.3, 0.4) is 0 Å². The molecule has 0 radical (unpaired) electrons. The molecular weight excluding hydrogens is 314 g/mol. The lowest BCUT2D eigenvalue weighted by atomic mass is 9.49. The number of rotatable bonds is 7. The van der Waals surface area contributed by atoms with Gasteiger partial charge in [-0.15, -0.1) is 0 Å². The normalized spacial score (nSPS) is 32.4. The van der Waals surface area contributed by atoms with E-state index in [0.29, 0.717) is 16.9 Å². The Hall–Kier alpha value is -1.71. The number of hydrogen-bond acceptors (Lipinski definition) is 3. The minimum Gasteiger partial charge on any atom is -0.493 e. The lowest BCUT2D eigenvalue weighted by Gasteiger charge is -2.57. The third kappa shape index (κ3) is 3.63. The molecule has 4 saturated carbocycles. The third-order valence-electron chi connectivity index (χ3n) is 6.57. The van der Waals surface area contributed by atoms with E-state index in [1.54, 1.807) is 7.11 Å². The maximum Gasteiger partial charge on any atom is 0.257 e. The maximum absolute atomic E-state index is 12.1. The molecule has 136 valence electrons. The summed E-state index contributed by atoms with van der Waals surface area (Å²) < 4.78 is 10.8. The van der Waals surface area contributed by atoms with Gasteiger partial charge in [0.15, 0.2) is 18.1 Å². The van der Waals surface area contributed by atoms with Crippen LogP contribution in [0.15, 0.2) is 24.3 Å². The highest BCUT2D eigenvalue weighted by Gasteiger charge is 2.50. The van der Waals surface area contributed by atoms with Gasteiger partial charge in [-0.25, -0.2) is 0 Å². The molecule has 0 atom stereocenters. The molecule has 5 rings (SSSR count). The molecule has 0 saturated heterocycles.